The Labute approximate surface area is 114 Å². The summed E-state index contributed by atoms with van der Waals surface area (Å²) in [5.74, 6) is 0. The van der Waals surface area contributed by atoms with Gasteiger partial charge in [0.05, 0.1) is 5.69 Å². The zero-order valence-electron chi connectivity index (χ0n) is 11.6. The van der Waals surface area contributed by atoms with Gasteiger partial charge in [-0.3, -0.25) is 9.67 Å². The first-order valence-electron chi connectivity index (χ1n) is 6.76. The minimum Gasteiger partial charge on any atom is -0.313 e. The van der Waals surface area contributed by atoms with Gasteiger partial charge in [-0.15, -0.1) is 5.10 Å². The summed E-state index contributed by atoms with van der Waals surface area (Å²) in [5, 5.41) is 11.7. The summed E-state index contributed by atoms with van der Waals surface area (Å²) < 4.78 is 1.74. The number of nitrogens with one attached hydrogen (secondary N) is 1. The van der Waals surface area contributed by atoms with Gasteiger partial charge in [0, 0.05) is 44.0 Å². The lowest BCUT2D eigenvalue weighted by Gasteiger charge is -2.16. The van der Waals surface area contributed by atoms with Crippen molar-refractivity contribution in [2.75, 3.05) is 6.54 Å². The Morgan fingerprint density at radius 2 is 2.11 bits per heavy atom. The molecule has 2 aromatic heterocycles. The second-order valence-electron chi connectivity index (χ2n) is 4.76. The highest BCUT2D eigenvalue weighted by Gasteiger charge is 2.12. The second-order valence-corrected chi connectivity index (χ2v) is 4.76. The van der Waals surface area contributed by atoms with E-state index in [1.807, 2.05) is 31.6 Å². The Morgan fingerprint density at radius 3 is 2.74 bits per heavy atom. The van der Waals surface area contributed by atoms with Crippen molar-refractivity contribution in [1.29, 1.82) is 0 Å². The van der Waals surface area contributed by atoms with Crippen molar-refractivity contribution in [3.05, 3.63) is 42.0 Å². The number of aryl methyl sites for hydroxylation is 1. The Morgan fingerprint density at radius 1 is 1.26 bits per heavy atom. The molecular weight excluding hydrogens is 238 g/mol. The number of pyridine rings is 1. The van der Waals surface area contributed by atoms with Gasteiger partial charge in [-0.1, -0.05) is 18.2 Å². The molecule has 0 aliphatic carbocycles. The van der Waals surface area contributed by atoms with E-state index in [2.05, 4.69) is 33.6 Å². The van der Waals surface area contributed by atoms with Crippen LogP contribution in [0.2, 0.25) is 0 Å². The molecule has 2 heterocycles. The molecule has 102 valence electrons. The lowest BCUT2D eigenvalue weighted by atomic mass is 10.1. The van der Waals surface area contributed by atoms with Gasteiger partial charge in [0.15, 0.2) is 0 Å². The first kappa shape index (κ1) is 13.7. The summed E-state index contributed by atoms with van der Waals surface area (Å²) in [6.45, 7) is 3.19. The Hall–Kier alpha value is -1.75. The molecule has 0 aliphatic heterocycles. The van der Waals surface area contributed by atoms with E-state index in [0.717, 1.165) is 37.2 Å². The fraction of sp³-hybridized carbons (Fsp3) is 0.500. The van der Waals surface area contributed by atoms with Crippen LogP contribution in [-0.4, -0.2) is 32.6 Å². The summed E-state index contributed by atoms with van der Waals surface area (Å²) in [6, 6.07) is 6.39. The maximum Gasteiger partial charge on any atom is 0.0842 e. The molecule has 5 nitrogen and oxygen atoms in total. The monoisotopic (exact) mass is 259 g/mol. The molecule has 0 amide bonds. The molecule has 1 atom stereocenters. The van der Waals surface area contributed by atoms with Crippen molar-refractivity contribution >= 4 is 0 Å². The first-order chi connectivity index (χ1) is 9.28. The Bertz CT molecular complexity index is 480. The summed E-state index contributed by atoms with van der Waals surface area (Å²) in [4.78, 5) is 4.39. The topological polar surface area (TPSA) is 55.6 Å². The fourth-order valence-electron chi connectivity index (χ4n) is 2.08. The lowest BCUT2D eigenvalue weighted by Crippen LogP contribution is -2.34. The third-order valence-electron chi connectivity index (χ3n) is 2.97. The van der Waals surface area contributed by atoms with Gasteiger partial charge in [0.25, 0.3) is 0 Å². The number of nitrogens with zero attached hydrogens (tertiary/aromatic N) is 4. The maximum absolute atomic E-state index is 4.39. The van der Waals surface area contributed by atoms with Crippen molar-refractivity contribution in [3.8, 4) is 0 Å². The summed E-state index contributed by atoms with van der Waals surface area (Å²) in [5.41, 5.74) is 2.13. The quantitative estimate of drug-likeness (QED) is 0.816. The maximum atomic E-state index is 4.39. The first-order valence-corrected chi connectivity index (χ1v) is 6.76. The Balaban J connectivity index is 1.99. The lowest BCUT2D eigenvalue weighted by molar-refractivity contribution is 0.496. The van der Waals surface area contributed by atoms with Crippen LogP contribution in [0.3, 0.4) is 0 Å². The Kier molecular flexibility index (Phi) is 5.03. The average molecular weight is 259 g/mol. The molecule has 5 heteroatoms. The highest BCUT2D eigenvalue weighted by Crippen LogP contribution is 2.05. The van der Waals surface area contributed by atoms with Crippen LogP contribution in [0.4, 0.5) is 0 Å². The zero-order valence-corrected chi connectivity index (χ0v) is 11.6. The molecule has 2 rings (SSSR count). The number of rotatable bonds is 7. The summed E-state index contributed by atoms with van der Waals surface area (Å²) in [6.07, 6.45) is 6.73. The van der Waals surface area contributed by atoms with Gasteiger partial charge in [-0.2, -0.15) is 0 Å². The minimum atomic E-state index is 0.353. The average Bonchev–Trinajstić information content (AvgIpc) is 2.82. The normalized spacial score (nSPS) is 12.5. The van der Waals surface area contributed by atoms with Crippen LogP contribution in [0, 0.1) is 0 Å². The molecule has 1 unspecified atom stereocenters. The van der Waals surface area contributed by atoms with Gasteiger partial charge in [-0.05, 0) is 25.1 Å². The molecule has 0 spiro atoms. The van der Waals surface area contributed by atoms with Crippen molar-refractivity contribution in [2.45, 2.75) is 32.2 Å². The van der Waals surface area contributed by atoms with Crippen LogP contribution >= 0.6 is 0 Å². The van der Waals surface area contributed by atoms with Gasteiger partial charge >= 0.3 is 0 Å². The predicted molar refractivity (Wildman–Crippen MR) is 74.7 cm³/mol. The molecule has 0 saturated carbocycles. The zero-order chi connectivity index (χ0) is 13.5. The van der Waals surface area contributed by atoms with Crippen LogP contribution in [0.15, 0.2) is 30.6 Å². The van der Waals surface area contributed by atoms with Crippen LogP contribution in [0.1, 0.15) is 24.7 Å². The van der Waals surface area contributed by atoms with E-state index in [-0.39, 0.29) is 0 Å². The molecular formula is C14H21N5. The molecule has 19 heavy (non-hydrogen) atoms. The summed E-state index contributed by atoms with van der Waals surface area (Å²) in [7, 11) is 1.89. The number of hydrogen-bond acceptors (Lipinski definition) is 4. The van der Waals surface area contributed by atoms with Crippen molar-refractivity contribution in [2.24, 2.45) is 7.05 Å². The molecule has 1 N–H and O–H groups in total. The van der Waals surface area contributed by atoms with Crippen LogP contribution in [0.25, 0.3) is 0 Å². The highest BCUT2D eigenvalue weighted by atomic mass is 15.4. The minimum absolute atomic E-state index is 0.353. The van der Waals surface area contributed by atoms with Gasteiger partial charge in [-0.25, -0.2) is 0 Å². The smallest absolute Gasteiger partial charge is 0.0842 e. The molecule has 0 fully saturated rings. The number of hydrogen-bond donors (Lipinski definition) is 1. The molecule has 0 aliphatic rings. The molecule has 0 aromatic carbocycles. The van der Waals surface area contributed by atoms with E-state index in [9.17, 15) is 0 Å². The van der Waals surface area contributed by atoms with Crippen LogP contribution in [-0.2, 0) is 19.9 Å². The molecule has 2 aromatic rings. The van der Waals surface area contributed by atoms with Crippen molar-refractivity contribution in [1.82, 2.24) is 25.3 Å². The van der Waals surface area contributed by atoms with E-state index >= 15 is 0 Å². The van der Waals surface area contributed by atoms with Gasteiger partial charge in [0.2, 0.25) is 0 Å². The molecule has 0 radical (unpaired) electrons. The standard InChI is InChI=1S/C14H21N5/c1-3-7-15-13(9-12-6-4-5-8-16-12)10-14-11-19(2)18-17-14/h4-6,8,11,13,15H,3,7,9-10H2,1-2H3. The summed E-state index contributed by atoms with van der Waals surface area (Å²) >= 11 is 0. The van der Waals surface area contributed by atoms with E-state index in [4.69, 9.17) is 0 Å². The largest absolute Gasteiger partial charge is 0.313 e. The fourth-order valence-corrected chi connectivity index (χ4v) is 2.08. The third kappa shape index (κ3) is 4.44. The van der Waals surface area contributed by atoms with Gasteiger partial charge in [0.1, 0.15) is 0 Å². The van der Waals surface area contributed by atoms with Gasteiger partial charge < -0.3 is 5.32 Å². The van der Waals surface area contributed by atoms with E-state index < -0.39 is 0 Å². The second kappa shape index (κ2) is 6.99. The number of aromatic nitrogens is 4. The predicted octanol–water partition coefficient (Wildman–Crippen LogP) is 1.36. The molecule has 0 saturated heterocycles. The van der Waals surface area contributed by atoms with Crippen LogP contribution < -0.4 is 5.32 Å². The van der Waals surface area contributed by atoms with Crippen molar-refractivity contribution < 1.29 is 0 Å². The van der Waals surface area contributed by atoms with Crippen molar-refractivity contribution in [3.63, 3.8) is 0 Å². The third-order valence-corrected chi connectivity index (χ3v) is 2.97. The van der Waals surface area contributed by atoms with Crippen LogP contribution in [0.5, 0.6) is 0 Å². The highest BCUT2D eigenvalue weighted by molar-refractivity contribution is 5.07. The van der Waals surface area contributed by atoms with E-state index in [1.165, 1.54) is 0 Å². The SMILES string of the molecule is CCCNC(Cc1ccccn1)Cc1cn(C)nn1. The van der Waals surface area contributed by atoms with E-state index in [0.29, 0.717) is 6.04 Å². The van der Waals surface area contributed by atoms with E-state index in [1.54, 1.807) is 4.68 Å². The molecule has 0 bridgehead atoms.